The first-order valence-corrected chi connectivity index (χ1v) is 7.89. The Morgan fingerprint density at radius 3 is 2.81 bits per heavy atom. The molecule has 92 valence electrons. The lowest BCUT2D eigenvalue weighted by Gasteiger charge is -2.04. The number of aromatic nitrogens is 1. The van der Waals surface area contributed by atoms with Gasteiger partial charge in [-0.1, -0.05) is 13.3 Å². The van der Waals surface area contributed by atoms with Gasteiger partial charge >= 0.3 is 0 Å². The lowest BCUT2D eigenvalue weighted by molar-refractivity contribution is 0.578. The zero-order chi connectivity index (χ0) is 12.0. The van der Waals surface area contributed by atoms with Crippen molar-refractivity contribution in [1.29, 1.82) is 0 Å². The Morgan fingerprint density at radius 2 is 2.25 bits per heavy atom. The average molecular weight is 262 g/mol. The largest absolute Gasteiger partial charge is 0.250 e. The van der Waals surface area contributed by atoms with E-state index >= 15 is 0 Å². The van der Waals surface area contributed by atoms with Crippen molar-refractivity contribution in [2.45, 2.75) is 33.1 Å². The topological polar surface area (TPSA) is 59.1 Å². The van der Waals surface area contributed by atoms with E-state index in [9.17, 15) is 8.42 Å². The summed E-state index contributed by atoms with van der Waals surface area (Å²) >= 11 is 1.61. The maximum absolute atomic E-state index is 11.5. The Morgan fingerprint density at radius 1 is 1.50 bits per heavy atom. The third-order valence-electron chi connectivity index (χ3n) is 2.13. The molecule has 0 aliphatic carbocycles. The number of aryl methyl sites for hydroxylation is 1. The first-order chi connectivity index (χ1) is 7.53. The zero-order valence-electron chi connectivity index (χ0n) is 9.69. The van der Waals surface area contributed by atoms with E-state index in [0.29, 0.717) is 6.54 Å². The van der Waals surface area contributed by atoms with E-state index in [1.165, 1.54) is 0 Å². The van der Waals surface area contributed by atoms with Crippen LogP contribution in [-0.4, -0.2) is 25.7 Å². The molecule has 0 radical (unpaired) electrons. The molecule has 0 saturated heterocycles. The molecule has 1 aromatic heterocycles. The first kappa shape index (κ1) is 13.6. The van der Waals surface area contributed by atoms with Crippen LogP contribution in [-0.2, 0) is 16.4 Å². The molecule has 0 atom stereocenters. The summed E-state index contributed by atoms with van der Waals surface area (Å²) in [5.41, 5.74) is 0. The Balaban J connectivity index is 2.29. The molecule has 0 saturated carbocycles. The molecule has 0 aromatic carbocycles. The predicted octanol–water partition coefficient (Wildman–Crippen LogP) is 1.71. The second kappa shape index (κ2) is 6.32. The van der Waals surface area contributed by atoms with E-state index in [4.69, 9.17) is 0 Å². The van der Waals surface area contributed by atoms with Gasteiger partial charge in [-0.15, -0.1) is 11.3 Å². The van der Waals surface area contributed by atoms with Crippen LogP contribution in [0.3, 0.4) is 0 Å². The highest BCUT2D eigenvalue weighted by Gasteiger charge is 2.08. The minimum Gasteiger partial charge on any atom is -0.250 e. The predicted molar refractivity (Wildman–Crippen MR) is 67.3 cm³/mol. The Hall–Kier alpha value is -0.460. The molecule has 0 aliphatic rings. The molecule has 1 aromatic rings. The maximum atomic E-state index is 11.5. The standard InChI is InChI=1S/C10H18N2O2S2/c1-3-4-7-16(13,14)12-6-5-10-8-11-9(2)15-10/h8,12H,3-7H2,1-2H3. The fourth-order valence-corrected chi connectivity index (χ4v) is 3.28. The summed E-state index contributed by atoms with van der Waals surface area (Å²) in [6.07, 6.45) is 4.14. The van der Waals surface area contributed by atoms with Crippen molar-refractivity contribution >= 4 is 21.4 Å². The monoisotopic (exact) mass is 262 g/mol. The number of thiazole rings is 1. The van der Waals surface area contributed by atoms with Crippen molar-refractivity contribution in [1.82, 2.24) is 9.71 Å². The number of hydrogen-bond donors (Lipinski definition) is 1. The molecule has 1 N–H and O–H groups in total. The lowest BCUT2D eigenvalue weighted by Crippen LogP contribution is -2.28. The molecule has 0 bridgehead atoms. The molecule has 0 fully saturated rings. The third kappa shape index (κ3) is 5.05. The quantitative estimate of drug-likeness (QED) is 0.814. The minimum absolute atomic E-state index is 0.227. The zero-order valence-corrected chi connectivity index (χ0v) is 11.3. The number of hydrogen-bond acceptors (Lipinski definition) is 4. The average Bonchev–Trinajstić information content (AvgIpc) is 2.61. The fraction of sp³-hybridized carbons (Fsp3) is 0.700. The van der Waals surface area contributed by atoms with Crippen molar-refractivity contribution in [3.8, 4) is 0 Å². The fourth-order valence-electron chi connectivity index (χ4n) is 1.26. The molecular weight excluding hydrogens is 244 g/mol. The highest BCUT2D eigenvalue weighted by Crippen LogP contribution is 2.11. The van der Waals surface area contributed by atoms with E-state index in [0.717, 1.165) is 29.1 Å². The number of unbranched alkanes of at least 4 members (excludes halogenated alkanes) is 1. The van der Waals surface area contributed by atoms with Gasteiger partial charge in [-0.05, 0) is 19.8 Å². The highest BCUT2D eigenvalue weighted by atomic mass is 32.2. The smallest absolute Gasteiger partial charge is 0.211 e. The van der Waals surface area contributed by atoms with Crippen LogP contribution in [0.15, 0.2) is 6.20 Å². The second-order valence-corrected chi connectivity index (χ2v) is 6.91. The first-order valence-electron chi connectivity index (χ1n) is 5.42. The summed E-state index contributed by atoms with van der Waals surface area (Å²) in [5.74, 6) is 0.227. The number of rotatable bonds is 7. The van der Waals surface area contributed by atoms with Crippen LogP contribution in [0.1, 0.15) is 29.7 Å². The van der Waals surface area contributed by atoms with Gasteiger partial charge in [0.25, 0.3) is 0 Å². The molecule has 4 nitrogen and oxygen atoms in total. The summed E-state index contributed by atoms with van der Waals surface area (Å²) in [6, 6.07) is 0. The van der Waals surface area contributed by atoms with E-state index in [-0.39, 0.29) is 5.75 Å². The minimum atomic E-state index is -3.07. The van der Waals surface area contributed by atoms with Crippen molar-refractivity contribution in [2.24, 2.45) is 0 Å². The van der Waals surface area contributed by atoms with Crippen LogP contribution in [0.4, 0.5) is 0 Å². The van der Waals surface area contributed by atoms with Gasteiger partial charge in [-0.3, -0.25) is 0 Å². The lowest BCUT2D eigenvalue weighted by atomic mass is 10.4. The summed E-state index contributed by atoms with van der Waals surface area (Å²) in [5, 5.41) is 1.02. The van der Waals surface area contributed by atoms with Crippen LogP contribution < -0.4 is 4.72 Å². The van der Waals surface area contributed by atoms with E-state index < -0.39 is 10.0 Å². The molecule has 0 spiro atoms. The molecular formula is C10H18N2O2S2. The third-order valence-corrected chi connectivity index (χ3v) is 4.57. The number of sulfonamides is 1. The summed E-state index contributed by atoms with van der Waals surface area (Å²) < 4.78 is 25.5. The van der Waals surface area contributed by atoms with Gasteiger partial charge < -0.3 is 0 Å². The summed E-state index contributed by atoms with van der Waals surface area (Å²) in [7, 11) is -3.07. The molecule has 0 aliphatic heterocycles. The van der Waals surface area contributed by atoms with Crippen LogP contribution in [0.2, 0.25) is 0 Å². The van der Waals surface area contributed by atoms with Crippen LogP contribution in [0.5, 0.6) is 0 Å². The van der Waals surface area contributed by atoms with Gasteiger partial charge in [0.2, 0.25) is 10.0 Å². The summed E-state index contributed by atoms with van der Waals surface area (Å²) in [6.45, 7) is 4.39. The van der Waals surface area contributed by atoms with Gasteiger partial charge in [-0.2, -0.15) is 0 Å². The van der Waals surface area contributed by atoms with Gasteiger partial charge in [0.05, 0.1) is 10.8 Å². The van der Waals surface area contributed by atoms with Gasteiger partial charge in [0.1, 0.15) is 0 Å². The molecule has 0 unspecified atom stereocenters. The highest BCUT2D eigenvalue weighted by molar-refractivity contribution is 7.89. The van der Waals surface area contributed by atoms with E-state index in [1.807, 2.05) is 13.8 Å². The van der Waals surface area contributed by atoms with E-state index in [1.54, 1.807) is 17.5 Å². The maximum Gasteiger partial charge on any atom is 0.211 e. The summed E-state index contributed by atoms with van der Waals surface area (Å²) in [4.78, 5) is 5.24. The van der Waals surface area contributed by atoms with Crippen LogP contribution in [0, 0.1) is 6.92 Å². The second-order valence-electron chi connectivity index (χ2n) is 3.66. The number of nitrogens with one attached hydrogen (secondary N) is 1. The van der Waals surface area contributed by atoms with Crippen LogP contribution in [0.25, 0.3) is 0 Å². The van der Waals surface area contributed by atoms with Gasteiger partial charge in [0.15, 0.2) is 0 Å². The molecule has 1 rings (SSSR count). The Labute approximate surface area is 101 Å². The molecule has 16 heavy (non-hydrogen) atoms. The van der Waals surface area contributed by atoms with Gasteiger partial charge in [0, 0.05) is 17.6 Å². The number of nitrogens with zero attached hydrogens (tertiary/aromatic N) is 1. The normalized spacial score (nSPS) is 11.9. The van der Waals surface area contributed by atoms with Crippen molar-refractivity contribution < 1.29 is 8.42 Å². The molecule has 0 amide bonds. The van der Waals surface area contributed by atoms with Crippen molar-refractivity contribution in [3.05, 3.63) is 16.1 Å². The Kier molecular flexibility index (Phi) is 5.37. The van der Waals surface area contributed by atoms with Crippen molar-refractivity contribution in [3.63, 3.8) is 0 Å². The molecule has 1 heterocycles. The van der Waals surface area contributed by atoms with Crippen molar-refractivity contribution in [2.75, 3.05) is 12.3 Å². The molecule has 6 heteroatoms. The SMILES string of the molecule is CCCCS(=O)(=O)NCCc1cnc(C)s1. The van der Waals surface area contributed by atoms with Crippen LogP contribution >= 0.6 is 11.3 Å². The van der Waals surface area contributed by atoms with E-state index in [2.05, 4.69) is 9.71 Å². The van der Waals surface area contributed by atoms with Gasteiger partial charge in [-0.25, -0.2) is 18.1 Å². The Bertz CT molecular complexity index is 412.